The van der Waals surface area contributed by atoms with Gasteiger partial charge >= 0.3 is 0 Å². The van der Waals surface area contributed by atoms with Crippen molar-refractivity contribution in [3.8, 4) is 10.6 Å². The quantitative estimate of drug-likeness (QED) is 0.498. The number of carbonyl (C=O) groups excluding carboxylic acids is 1. The Morgan fingerprint density at radius 1 is 1.04 bits per heavy atom. The van der Waals surface area contributed by atoms with Crippen LogP contribution in [0.2, 0.25) is 5.02 Å². The van der Waals surface area contributed by atoms with E-state index >= 15 is 0 Å². The van der Waals surface area contributed by atoms with E-state index in [0.29, 0.717) is 11.6 Å². The van der Waals surface area contributed by atoms with Crippen LogP contribution in [0.1, 0.15) is 5.56 Å². The largest absolute Gasteiger partial charge is 0.350 e. The molecule has 0 saturated carbocycles. The van der Waals surface area contributed by atoms with Crippen LogP contribution in [0, 0.1) is 0 Å². The first-order valence-corrected chi connectivity index (χ1v) is 9.60. The molecule has 0 aliphatic carbocycles. The Morgan fingerprint density at radius 3 is 2.65 bits per heavy atom. The highest BCUT2D eigenvalue weighted by molar-refractivity contribution is 7.13. The van der Waals surface area contributed by atoms with Crippen LogP contribution in [-0.4, -0.2) is 10.5 Å². The van der Waals surface area contributed by atoms with Gasteiger partial charge in [-0.1, -0.05) is 48.0 Å². The highest BCUT2D eigenvalue weighted by Gasteiger charge is 2.14. The normalized spacial score (nSPS) is 11.0. The van der Waals surface area contributed by atoms with Crippen LogP contribution in [0.4, 0.5) is 0 Å². The van der Waals surface area contributed by atoms with Crippen LogP contribution in [0.15, 0.2) is 72.1 Å². The van der Waals surface area contributed by atoms with Crippen LogP contribution in [0.5, 0.6) is 0 Å². The lowest BCUT2D eigenvalue weighted by atomic mass is 10.2. The van der Waals surface area contributed by atoms with Crippen molar-refractivity contribution in [2.75, 3.05) is 0 Å². The molecule has 0 aliphatic heterocycles. The van der Waals surface area contributed by atoms with Crippen LogP contribution in [0.25, 0.3) is 21.5 Å². The molecule has 2 aromatic carbocycles. The molecular weight excluding hydrogens is 364 g/mol. The summed E-state index contributed by atoms with van der Waals surface area (Å²) >= 11 is 7.80. The fourth-order valence-electron chi connectivity index (χ4n) is 3.04. The molecule has 0 unspecified atom stereocenters. The van der Waals surface area contributed by atoms with Gasteiger partial charge in [0.25, 0.3) is 0 Å². The summed E-state index contributed by atoms with van der Waals surface area (Å²) in [5.41, 5.74) is 3.13. The first-order valence-electron chi connectivity index (χ1n) is 8.34. The number of nitrogens with one attached hydrogen (secondary N) is 1. The number of thiophene rings is 1. The predicted octanol–water partition coefficient (Wildman–Crippen LogP) is 5.34. The summed E-state index contributed by atoms with van der Waals surface area (Å²) in [6.07, 6.45) is 0. The van der Waals surface area contributed by atoms with Gasteiger partial charge in [0.1, 0.15) is 6.54 Å². The smallest absolute Gasteiger partial charge is 0.240 e. The lowest BCUT2D eigenvalue weighted by Crippen LogP contribution is -2.27. The van der Waals surface area contributed by atoms with Crippen molar-refractivity contribution in [1.29, 1.82) is 0 Å². The van der Waals surface area contributed by atoms with Crippen molar-refractivity contribution in [2.45, 2.75) is 13.1 Å². The van der Waals surface area contributed by atoms with Gasteiger partial charge in [0.2, 0.25) is 5.91 Å². The van der Waals surface area contributed by atoms with E-state index in [-0.39, 0.29) is 12.5 Å². The van der Waals surface area contributed by atoms with Crippen molar-refractivity contribution in [3.05, 3.63) is 82.7 Å². The van der Waals surface area contributed by atoms with Gasteiger partial charge in [-0.3, -0.25) is 4.79 Å². The molecule has 2 aromatic heterocycles. The molecule has 0 bridgehead atoms. The molecule has 26 heavy (non-hydrogen) atoms. The Kier molecular flexibility index (Phi) is 4.78. The van der Waals surface area contributed by atoms with Gasteiger partial charge in [0.05, 0.1) is 10.6 Å². The molecule has 4 rings (SSSR count). The van der Waals surface area contributed by atoms with Crippen molar-refractivity contribution < 1.29 is 4.79 Å². The van der Waals surface area contributed by atoms with Crippen molar-refractivity contribution in [1.82, 2.24) is 9.88 Å². The number of halogens is 1. The highest BCUT2D eigenvalue weighted by atomic mass is 35.5. The van der Waals surface area contributed by atoms with Crippen molar-refractivity contribution in [2.24, 2.45) is 0 Å². The first kappa shape index (κ1) is 16.9. The molecule has 0 atom stereocenters. The number of aromatic nitrogens is 1. The zero-order valence-corrected chi connectivity index (χ0v) is 15.6. The maximum Gasteiger partial charge on any atom is 0.240 e. The minimum absolute atomic E-state index is 0.0147. The minimum atomic E-state index is -0.0147. The number of rotatable bonds is 5. The average Bonchev–Trinajstić information content (AvgIpc) is 3.29. The van der Waals surface area contributed by atoms with Gasteiger partial charge in [-0.25, -0.2) is 0 Å². The molecule has 0 radical (unpaired) electrons. The maximum absolute atomic E-state index is 12.6. The van der Waals surface area contributed by atoms with Gasteiger partial charge in [-0.15, -0.1) is 11.3 Å². The van der Waals surface area contributed by atoms with E-state index in [9.17, 15) is 4.79 Å². The van der Waals surface area contributed by atoms with Gasteiger partial charge < -0.3 is 9.88 Å². The fraction of sp³-hybridized carbons (Fsp3) is 0.0952. The van der Waals surface area contributed by atoms with Gasteiger partial charge in [-0.2, -0.15) is 0 Å². The summed E-state index contributed by atoms with van der Waals surface area (Å²) in [5.74, 6) is -0.0147. The van der Waals surface area contributed by atoms with E-state index in [1.54, 1.807) is 11.3 Å². The standard InChI is InChI=1S/C21H17ClN2OS/c22-17-8-9-18-16(11-17)12-19(20-7-4-10-26-20)24(18)14-21(25)23-13-15-5-2-1-3-6-15/h1-12H,13-14H2,(H,23,25). The number of amides is 1. The van der Waals surface area contributed by atoms with E-state index in [0.717, 1.165) is 27.0 Å². The number of benzene rings is 2. The van der Waals surface area contributed by atoms with E-state index in [1.165, 1.54) is 0 Å². The van der Waals surface area contributed by atoms with Crippen molar-refractivity contribution >= 4 is 39.7 Å². The average molecular weight is 381 g/mol. The number of nitrogens with zero attached hydrogens (tertiary/aromatic N) is 1. The maximum atomic E-state index is 12.6. The summed E-state index contributed by atoms with van der Waals surface area (Å²) in [6.45, 7) is 0.796. The SMILES string of the molecule is O=C(Cn1c(-c2cccs2)cc2cc(Cl)ccc21)NCc1ccccc1. The topological polar surface area (TPSA) is 34.0 Å². The zero-order valence-electron chi connectivity index (χ0n) is 14.0. The zero-order chi connectivity index (χ0) is 17.9. The predicted molar refractivity (Wildman–Crippen MR) is 109 cm³/mol. The molecule has 1 N–H and O–H groups in total. The second-order valence-electron chi connectivity index (χ2n) is 6.06. The molecule has 1 amide bonds. The molecule has 5 heteroatoms. The summed E-state index contributed by atoms with van der Waals surface area (Å²) in [5, 5.41) is 6.78. The molecule has 0 saturated heterocycles. The number of fused-ring (bicyclic) bond motifs is 1. The third-order valence-corrected chi connectivity index (χ3v) is 5.40. The second kappa shape index (κ2) is 7.36. The van der Waals surface area contributed by atoms with Crippen LogP contribution >= 0.6 is 22.9 Å². The summed E-state index contributed by atoms with van der Waals surface area (Å²) in [7, 11) is 0. The Morgan fingerprint density at radius 2 is 1.88 bits per heavy atom. The molecule has 0 aliphatic rings. The Bertz CT molecular complexity index is 1040. The van der Waals surface area contributed by atoms with Gasteiger partial charge in [-0.05, 0) is 41.3 Å². The summed E-state index contributed by atoms with van der Waals surface area (Å²) in [6, 6.07) is 21.9. The van der Waals surface area contributed by atoms with E-state index in [4.69, 9.17) is 11.6 Å². The molecule has 2 heterocycles. The lowest BCUT2D eigenvalue weighted by Gasteiger charge is -2.11. The Hall–Kier alpha value is -2.56. The molecule has 4 aromatic rings. The van der Waals surface area contributed by atoms with Gasteiger partial charge in [0.15, 0.2) is 0 Å². The second-order valence-corrected chi connectivity index (χ2v) is 7.44. The molecular formula is C21H17ClN2OS. The summed E-state index contributed by atoms with van der Waals surface area (Å²) < 4.78 is 2.05. The van der Waals surface area contributed by atoms with E-state index < -0.39 is 0 Å². The molecule has 3 nitrogen and oxygen atoms in total. The molecule has 130 valence electrons. The Balaban J connectivity index is 1.62. The number of hydrogen-bond acceptors (Lipinski definition) is 2. The third-order valence-electron chi connectivity index (χ3n) is 4.27. The monoisotopic (exact) mass is 380 g/mol. The van der Waals surface area contributed by atoms with E-state index in [2.05, 4.69) is 22.0 Å². The third kappa shape index (κ3) is 3.52. The lowest BCUT2D eigenvalue weighted by molar-refractivity contribution is -0.121. The highest BCUT2D eigenvalue weighted by Crippen LogP contribution is 2.32. The summed E-state index contributed by atoms with van der Waals surface area (Å²) in [4.78, 5) is 13.7. The van der Waals surface area contributed by atoms with Crippen LogP contribution in [0.3, 0.4) is 0 Å². The van der Waals surface area contributed by atoms with Crippen LogP contribution < -0.4 is 5.32 Å². The number of hydrogen-bond donors (Lipinski definition) is 1. The Labute approximate surface area is 160 Å². The molecule has 0 fully saturated rings. The molecule has 0 spiro atoms. The van der Waals surface area contributed by atoms with E-state index in [1.807, 2.05) is 60.0 Å². The minimum Gasteiger partial charge on any atom is -0.350 e. The van der Waals surface area contributed by atoms with Crippen molar-refractivity contribution in [3.63, 3.8) is 0 Å². The van der Waals surface area contributed by atoms with Crippen LogP contribution in [-0.2, 0) is 17.9 Å². The van der Waals surface area contributed by atoms with Gasteiger partial charge in [0, 0.05) is 22.5 Å². The number of carbonyl (C=O) groups is 1. The fourth-order valence-corrected chi connectivity index (χ4v) is 3.97. The first-order chi connectivity index (χ1) is 12.7.